The average Bonchev–Trinajstić information content (AvgIpc) is 3.26. The highest BCUT2D eigenvalue weighted by molar-refractivity contribution is 7.16. The molecule has 0 saturated heterocycles. The van der Waals surface area contributed by atoms with Crippen LogP contribution in [-0.2, 0) is 27.2 Å². The fourth-order valence-corrected chi connectivity index (χ4v) is 6.44. The Balaban J connectivity index is 0.000000482. The topological polar surface area (TPSA) is 132 Å². The molecular formula is C33H39F7N4O5S. The lowest BCUT2D eigenvalue weighted by Gasteiger charge is -2.32. The highest BCUT2D eigenvalue weighted by Crippen LogP contribution is 2.28. The van der Waals surface area contributed by atoms with Crippen LogP contribution in [0.2, 0.25) is 0 Å². The maximum Gasteiger partial charge on any atom is 0.458 e. The molecule has 4 N–H and O–H groups in total. The number of amides is 1. The van der Waals surface area contributed by atoms with Gasteiger partial charge in [0, 0.05) is 32.1 Å². The number of Topliss-reactive ketones (excluding diaryl/α,β-unsaturated/α-hetero) is 2. The van der Waals surface area contributed by atoms with Gasteiger partial charge in [-0.1, -0.05) is 55.2 Å². The van der Waals surface area contributed by atoms with Crippen LogP contribution in [0.4, 0.5) is 30.7 Å². The minimum Gasteiger partial charge on any atom is -0.506 e. The van der Waals surface area contributed by atoms with E-state index in [2.05, 4.69) is 20.5 Å². The van der Waals surface area contributed by atoms with E-state index in [0.717, 1.165) is 59.4 Å². The first-order valence-electron chi connectivity index (χ1n) is 16.1. The fourth-order valence-electron chi connectivity index (χ4n) is 5.54. The number of rotatable bonds is 14. The second-order valence-electron chi connectivity index (χ2n) is 11.7. The Morgan fingerprint density at radius 3 is 2.10 bits per heavy atom. The number of ketones is 2. The SMILES string of the molecule is O=C(C(=O)C(F)(F)F)C(F)(F)F.O=C(CCNCCc1cccc(F)c1)N(CCNCCc1ccc(O)c2[nH]c(=O)sc12)C1CCCCCC1. The zero-order valence-electron chi connectivity index (χ0n) is 27.0. The van der Waals surface area contributed by atoms with Gasteiger partial charge in [-0.3, -0.25) is 19.2 Å². The van der Waals surface area contributed by atoms with E-state index in [0.29, 0.717) is 44.2 Å². The molecule has 0 unspecified atom stereocenters. The van der Waals surface area contributed by atoms with Crippen molar-refractivity contribution in [1.82, 2.24) is 20.5 Å². The maximum absolute atomic E-state index is 13.4. The number of alkyl halides is 6. The molecule has 50 heavy (non-hydrogen) atoms. The molecular weight excluding hydrogens is 697 g/mol. The normalized spacial score (nSPS) is 14.1. The molecule has 0 aliphatic heterocycles. The lowest BCUT2D eigenvalue weighted by Crippen LogP contribution is -2.45. The molecule has 1 fully saturated rings. The minimum absolute atomic E-state index is 0.0936. The number of carbonyl (C=O) groups is 3. The lowest BCUT2D eigenvalue weighted by atomic mass is 10.1. The Kier molecular flexibility index (Phi) is 15.4. The summed E-state index contributed by atoms with van der Waals surface area (Å²) in [6.45, 7) is 3.43. The lowest BCUT2D eigenvalue weighted by molar-refractivity contribution is -0.193. The van der Waals surface area contributed by atoms with Crippen LogP contribution < -0.4 is 15.5 Å². The van der Waals surface area contributed by atoms with Gasteiger partial charge in [0.05, 0.1) is 4.70 Å². The summed E-state index contributed by atoms with van der Waals surface area (Å²) in [6.07, 6.45) is -2.67. The number of nitrogens with zero attached hydrogens (tertiary/aromatic N) is 1. The van der Waals surface area contributed by atoms with E-state index in [1.807, 2.05) is 12.1 Å². The monoisotopic (exact) mass is 736 g/mol. The molecule has 1 aliphatic rings. The Labute approximate surface area is 287 Å². The number of nitrogens with one attached hydrogen (secondary N) is 3. The molecule has 9 nitrogen and oxygen atoms in total. The molecule has 3 aromatic rings. The van der Waals surface area contributed by atoms with Gasteiger partial charge in [0.25, 0.3) is 0 Å². The number of aromatic amines is 1. The molecule has 17 heteroatoms. The molecule has 1 aromatic heterocycles. The smallest absolute Gasteiger partial charge is 0.458 e. The van der Waals surface area contributed by atoms with Gasteiger partial charge in [-0.15, -0.1) is 0 Å². The summed E-state index contributed by atoms with van der Waals surface area (Å²) in [5.41, 5.74) is 2.48. The largest absolute Gasteiger partial charge is 0.506 e. The summed E-state index contributed by atoms with van der Waals surface area (Å²) in [5.74, 6) is -6.75. The van der Waals surface area contributed by atoms with Crippen LogP contribution in [-0.4, -0.2) is 83.6 Å². The van der Waals surface area contributed by atoms with Crippen LogP contribution >= 0.6 is 11.3 Å². The van der Waals surface area contributed by atoms with Gasteiger partial charge in [-0.05, 0) is 68.1 Å². The van der Waals surface area contributed by atoms with E-state index in [1.165, 1.54) is 31.7 Å². The first-order valence-corrected chi connectivity index (χ1v) is 16.9. The van der Waals surface area contributed by atoms with E-state index >= 15 is 0 Å². The number of hydrogen-bond acceptors (Lipinski definition) is 8. The Morgan fingerprint density at radius 1 is 0.860 bits per heavy atom. The second kappa shape index (κ2) is 19.0. The van der Waals surface area contributed by atoms with Crippen LogP contribution in [0.1, 0.15) is 56.1 Å². The van der Waals surface area contributed by atoms with Gasteiger partial charge in [0.15, 0.2) is 0 Å². The molecule has 1 amide bonds. The van der Waals surface area contributed by atoms with Crippen molar-refractivity contribution in [3.05, 3.63) is 63.0 Å². The standard InChI is InChI=1S/C29H39FN4O3S.C4F6O2/c30-23-7-5-6-21(20-23)12-15-31-17-14-26(36)34(24-8-3-1-2-4-9-24)19-18-32-16-13-22-10-11-25(35)27-28(22)38-29(37)33-27;5-3(6,7)1(11)2(12)4(8,9)10/h5-7,10-11,20,24,31-32,35H,1-4,8-9,12-19H2,(H,33,37);. The van der Waals surface area contributed by atoms with Crippen LogP contribution in [0.5, 0.6) is 5.75 Å². The van der Waals surface area contributed by atoms with Crippen molar-refractivity contribution in [2.45, 2.75) is 76.2 Å². The molecule has 4 rings (SSSR count). The third-order valence-electron chi connectivity index (χ3n) is 8.04. The van der Waals surface area contributed by atoms with E-state index in [9.17, 15) is 55.0 Å². The first-order chi connectivity index (χ1) is 23.6. The highest BCUT2D eigenvalue weighted by atomic mass is 32.1. The zero-order valence-corrected chi connectivity index (χ0v) is 27.8. The molecule has 0 atom stereocenters. The third-order valence-corrected chi connectivity index (χ3v) is 9.00. The second-order valence-corrected chi connectivity index (χ2v) is 12.7. The predicted molar refractivity (Wildman–Crippen MR) is 174 cm³/mol. The average molecular weight is 737 g/mol. The number of thiazole rings is 1. The van der Waals surface area contributed by atoms with E-state index in [4.69, 9.17) is 0 Å². The quantitative estimate of drug-likeness (QED) is 0.0735. The summed E-state index contributed by atoms with van der Waals surface area (Å²) in [4.78, 5) is 48.9. The van der Waals surface area contributed by atoms with Crippen LogP contribution in [0, 0.1) is 5.82 Å². The van der Waals surface area contributed by atoms with E-state index < -0.39 is 23.9 Å². The number of hydrogen-bond donors (Lipinski definition) is 4. The number of benzene rings is 2. The molecule has 1 saturated carbocycles. The number of H-pyrrole nitrogens is 1. The third kappa shape index (κ3) is 12.8. The molecule has 1 aliphatic carbocycles. The highest BCUT2D eigenvalue weighted by Gasteiger charge is 2.54. The van der Waals surface area contributed by atoms with Crippen LogP contribution in [0.3, 0.4) is 0 Å². The minimum atomic E-state index is -5.77. The van der Waals surface area contributed by atoms with Crippen molar-refractivity contribution in [1.29, 1.82) is 0 Å². The molecule has 276 valence electrons. The summed E-state index contributed by atoms with van der Waals surface area (Å²) >= 11 is 1.12. The van der Waals surface area contributed by atoms with Crippen molar-refractivity contribution in [3.63, 3.8) is 0 Å². The number of aromatic nitrogens is 1. The van der Waals surface area contributed by atoms with Gasteiger partial charge in [0.1, 0.15) is 17.1 Å². The number of fused-ring (bicyclic) bond motifs is 1. The number of aromatic hydroxyl groups is 1. The number of halogens is 7. The molecule has 2 aromatic carbocycles. The summed E-state index contributed by atoms with van der Waals surface area (Å²) in [6, 6.07) is 10.4. The Hall–Kier alpha value is -3.83. The predicted octanol–water partition coefficient (Wildman–Crippen LogP) is 5.59. The summed E-state index contributed by atoms with van der Waals surface area (Å²) in [7, 11) is 0. The summed E-state index contributed by atoms with van der Waals surface area (Å²) in [5, 5.41) is 16.8. The molecule has 0 bridgehead atoms. The van der Waals surface area contributed by atoms with Gasteiger partial charge >= 0.3 is 28.8 Å². The van der Waals surface area contributed by atoms with Gasteiger partial charge in [-0.25, -0.2) is 4.39 Å². The molecule has 0 spiro atoms. The molecule has 1 heterocycles. The van der Waals surface area contributed by atoms with Gasteiger partial charge in [-0.2, -0.15) is 26.3 Å². The van der Waals surface area contributed by atoms with Crippen molar-refractivity contribution in [3.8, 4) is 5.75 Å². The number of phenols is 1. The van der Waals surface area contributed by atoms with Gasteiger partial charge < -0.3 is 25.6 Å². The summed E-state index contributed by atoms with van der Waals surface area (Å²) < 4.78 is 81.1. The maximum atomic E-state index is 13.4. The van der Waals surface area contributed by atoms with E-state index in [-0.39, 0.29) is 22.3 Å². The van der Waals surface area contributed by atoms with Crippen molar-refractivity contribution < 1.29 is 50.2 Å². The fraction of sp³-hybridized carbons (Fsp3) is 0.515. The zero-order chi connectivity index (χ0) is 36.9. The van der Waals surface area contributed by atoms with Crippen molar-refractivity contribution in [2.75, 3.05) is 32.7 Å². The molecule has 0 radical (unpaired) electrons. The van der Waals surface area contributed by atoms with Crippen molar-refractivity contribution in [2.24, 2.45) is 0 Å². The van der Waals surface area contributed by atoms with Crippen LogP contribution in [0.25, 0.3) is 10.2 Å². The van der Waals surface area contributed by atoms with Gasteiger partial charge in [0.2, 0.25) is 5.91 Å². The Bertz CT molecular complexity index is 1610. The number of carbonyl (C=O) groups excluding carboxylic acids is 3. The van der Waals surface area contributed by atoms with E-state index in [1.54, 1.807) is 18.2 Å². The Morgan fingerprint density at radius 2 is 1.48 bits per heavy atom. The number of phenolic OH excluding ortho intramolecular Hbond substituents is 1. The van der Waals surface area contributed by atoms with Crippen LogP contribution in [0.15, 0.2) is 41.2 Å². The first kappa shape index (κ1) is 40.6. The van der Waals surface area contributed by atoms with Crippen molar-refractivity contribution >= 4 is 39.0 Å².